The molecule has 11 heteroatoms. The van der Waals surface area contributed by atoms with Crippen molar-refractivity contribution in [2.75, 3.05) is 17.7 Å². The van der Waals surface area contributed by atoms with Crippen molar-refractivity contribution in [3.8, 4) is 0 Å². The van der Waals surface area contributed by atoms with Crippen LogP contribution in [0.15, 0.2) is 12.4 Å². The van der Waals surface area contributed by atoms with Crippen LogP contribution in [0.25, 0.3) is 0 Å². The second kappa shape index (κ2) is 6.81. The zero-order valence-electron chi connectivity index (χ0n) is 14.8. The molecule has 1 amide bonds. The van der Waals surface area contributed by atoms with Gasteiger partial charge >= 0.3 is 6.18 Å². The summed E-state index contributed by atoms with van der Waals surface area (Å²) >= 11 is 0. The lowest BCUT2D eigenvalue weighted by Crippen LogP contribution is -2.32. The number of rotatable bonds is 6. The van der Waals surface area contributed by atoms with E-state index in [1.165, 1.54) is 7.05 Å². The predicted octanol–water partition coefficient (Wildman–Crippen LogP) is 2.40. The van der Waals surface area contributed by atoms with E-state index in [1.807, 2.05) is 0 Å². The fraction of sp³-hybridized carbons (Fsp3) is 0.467. The maximum atomic E-state index is 12.9. The zero-order chi connectivity index (χ0) is 19.7. The molecular formula is C15H20F3N7O. The Bertz CT molecular complexity index is 814. The van der Waals surface area contributed by atoms with Gasteiger partial charge in [0.15, 0.2) is 0 Å². The smallest absolute Gasteiger partial charge is 0.372 e. The van der Waals surface area contributed by atoms with Gasteiger partial charge < -0.3 is 16.4 Å². The second-order valence-electron chi connectivity index (χ2n) is 6.36. The third-order valence-corrected chi connectivity index (χ3v) is 3.70. The molecule has 0 aliphatic carbocycles. The molecule has 2 rings (SSSR count). The maximum absolute atomic E-state index is 12.9. The Kier molecular flexibility index (Phi) is 5.10. The predicted molar refractivity (Wildman–Crippen MR) is 90.0 cm³/mol. The molecule has 26 heavy (non-hydrogen) atoms. The van der Waals surface area contributed by atoms with Crippen molar-refractivity contribution in [3.63, 3.8) is 0 Å². The molecule has 0 saturated carbocycles. The van der Waals surface area contributed by atoms with Gasteiger partial charge in [-0.15, -0.1) is 0 Å². The minimum absolute atomic E-state index is 0.0160. The summed E-state index contributed by atoms with van der Waals surface area (Å²) in [5, 5.41) is 9.58. The quantitative estimate of drug-likeness (QED) is 0.719. The summed E-state index contributed by atoms with van der Waals surface area (Å²) < 4.78 is 40.3. The minimum Gasteiger partial charge on any atom is -0.372 e. The Morgan fingerprint density at radius 2 is 2.00 bits per heavy atom. The summed E-state index contributed by atoms with van der Waals surface area (Å²) in [5.41, 5.74) is 4.70. The van der Waals surface area contributed by atoms with Gasteiger partial charge in [-0.25, -0.2) is 4.98 Å². The molecule has 0 fully saturated rings. The van der Waals surface area contributed by atoms with Gasteiger partial charge in [-0.2, -0.15) is 23.3 Å². The van der Waals surface area contributed by atoms with Gasteiger partial charge in [-0.05, 0) is 20.8 Å². The average molecular weight is 371 g/mol. The number of anilines is 3. The normalized spacial score (nSPS) is 12.1. The van der Waals surface area contributed by atoms with E-state index >= 15 is 0 Å². The van der Waals surface area contributed by atoms with E-state index in [0.29, 0.717) is 17.6 Å². The van der Waals surface area contributed by atoms with E-state index in [9.17, 15) is 18.0 Å². The van der Waals surface area contributed by atoms with E-state index in [1.54, 1.807) is 31.6 Å². The number of alkyl halides is 3. The van der Waals surface area contributed by atoms with Crippen LogP contribution in [0.1, 0.15) is 31.5 Å². The third kappa shape index (κ3) is 4.21. The van der Waals surface area contributed by atoms with E-state index in [2.05, 4.69) is 25.7 Å². The monoisotopic (exact) mass is 371 g/mol. The maximum Gasteiger partial charge on any atom is 0.421 e. The summed E-state index contributed by atoms with van der Waals surface area (Å²) in [4.78, 5) is 18.8. The molecule has 4 N–H and O–H groups in total. The number of nitrogens with two attached hydrogens (primary N) is 1. The number of nitrogens with one attached hydrogen (secondary N) is 2. The van der Waals surface area contributed by atoms with E-state index in [-0.39, 0.29) is 18.2 Å². The molecule has 2 heterocycles. The molecule has 0 aliphatic heterocycles. The lowest BCUT2D eigenvalue weighted by molar-refractivity contribution is -0.137. The second-order valence-corrected chi connectivity index (χ2v) is 6.36. The third-order valence-electron chi connectivity index (χ3n) is 3.70. The van der Waals surface area contributed by atoms with Crippen LogP contribution in [0.5, 0.6) is 0 Å². The molecule has 0 aliphatic rings. The van der Waals surface area contributed by atoms with Gasteiger partial charge in [-0.1, -0.05) is 0 Å². The summed E-state index contributed by atoms with van der Waals surface area (Å²) in [6.45, 7) is 5.30. The van der Waals surface area contributed by atoms with Crippen molar-refractivity contribution in [1.29, 1.82) is 0 Å². The molecule has 8 nitrogen and oxygen atoms in total. The highest BCUT2D eigenvalue weighted by Crippen LogP contribution is 2.34. The first-order chi connectivity index (χ1) is 11.9. The average Bonchev–Trinajstić information content (AvgIpc) is 2.86. The standard InChI is InChI=1S/C15H20F3N7O/c1-8-10(7-25(24-8)14(2,3)5-11(19)26)22-13-21-6-9(15(16,17)18)12(20-4)23-13/h6-7H,5H2,1-4H3,(H2,19,26)(H2,20,21,22,23). The first-order valence-electron chi connectivity index (χ1n) is 7.68. The molecule has 0 spiro atoms. The summed E-state index contributed by atoms with van der Waals surface area (Å²) in [5.74, 6) is -0.825. The molecule has 0 unspecified atom stereocenters. The van der Waals surface area contributed by atoms with Crippen LogP contribution < -0.4 is 16.4 Å². The van der Waals surface area contributed by atoms with E-state index in [4.69, 9.17) is 5.73 Å². The Morgan fingerprint density at radius 1 is 1.35 bits per heavy atom. The number of carbonyl (C=O) groups excluding carboxylic acids is 1. The van der Waals surface area contributed by atoms with Crippen molar-refractivity contribution in [3.05, 3.63) is 23.7 Å². The van der Waals surface area contributed by atoms with Crippen LogP contribution in [-0.2, 0) is 16.5 Å². The fourth-order valence-electron chi connectivity index (χ4n) is 2.36. The van der Waals surface area contributed by atoms with Gasteiger partial charge in [0.05, 0.1) is 23.3 Å². The van der Waals surface area contributed by atoms with E-state index < -0.39 is 23.2 Å². The van der Waals surface area contributed by atoms with Crippen LogP contribution in [0.4, 0.5) is 30.6 Å². The van der Waals surface area contributed by atoms with Gasteiger partial charge in [0.25, 0.3) is 0 Å². The molecule has 0 saturated heterocycles. The highest BCUT2D eigenvalue weighted by atomic mass is 19.4. The van der Waals surface area contributed by atoms with Gasteiger partial charge in [0, 0.05) is 19.4 Å². The van der Waals surface area contributed by atoms with Crippen LogP contribution in [-0.4, -0.2) is 32.7 Å². The highest BCUT2D eigenvalue weighted by molar-refractivity contribution is 5.74. The zero-order valence-corrected chi connectivity index (χ0v) is 14.8. The summed E-state index contributed by atoms with van der Waals surface area (Å²) in [7, 11) is 1.34. The minimum atomic E-state index is -4.56. The molecule has 142 valence electrons. The first-order valence-corrected chi connectivity index (χ1v) is 7.68. The van der Waals surface area contributed by atoms with Gasteiger partial charge in [0.1, 0.15) is 11.4 Å². The van der Waals surface area contributed by atoms with Gasteiger partial charge in [-0.3, -0.25) is 9.48 Å². The number of primary amides is 1. The number of aryl methyl sites for hydroxylation is 1. The van der Waals surface area contributed by atoms with Crippen LogP contribution in [0.2, 0.25) is 0 Å². The largest absolute Gasteiger partial charge is 0.421 e. The summed E-state index contributed by atoms with van der Waals surface area (Å²) in [6.07, 6.45) is -2.15. The van der Waals surface area contributed by atoms with Crippen molar-refractivity contribution in [2.45, 2.75) is 38.9 Å². The van der Waals surface area contributed by atoms with Crippen LogP contribution >= 0.6 is 0 Å². The van der Waals surface area contributed by atoms with Crippen LogP contribution in [0, 0.1) is 6.92 Å². The molecule has 0 bridgehead atoms. The fourth-order valence-corrected chi connectivity index (χ4v) is 2.36. The number of carbonyl (C=O) groups is 1. The Hall–Kier alpha value is -2.85. The molecule has 0 aromatic carbocycles. The Labute approximate surface area is 148 Å². The number of nitrogens with zero attached hydrogens (tertiary/aromatic N) is 4. The van der Waals surface area contributed by atoms with Crippen molar-refractivity contribution in [2.24, 2.45) is 5.73 Å². The van der Waals surface area contributed by atoms with Crippen molar-refractivity contribution >= 4 is 23.4 Å². The number of aromatic nitrogens is 4. The number of halogens is 3. The number of hydrogen-bond donors (Lipinski definition) is 3. The lowest BCUT2D eigenvalue weighted by Gasteiger charge is -2.23. The molecule has 2 aromatic heterocycles. The van der Waals surface area contributed by atoms with Crippen molar-refractivity contribution < 1.29 is 18.0 Å². The number of amides is 1. The lowest BCUT2D eigenvalue weighted by atomic mass is 10.0. The SMILES string of the molecule is CNc1nc(Nc2cn(C(C)(C)CC(N)=O)nc2C)ncc1C(F)(F)F. The van der Waals surface area contributed by atoms with Crippen LogP contribution in [0.3, 0.4) is 0 Å². The Balaban J connectivity index is 2.31. The Morgan fingerprint density at radius 3 is 2.54 bits per heavy atom. The van der Waals surface area contributed by atoms with E-state index in [0.717, 1.165) is 0 Å². The summed E-state index contributed by atoms with van der Waals surface area (Å²) in [6, 6.07) is 0. The molecule has 2 aromatic rings. The van der Waals surface area contributed by atoms with Gasteiger partial charge in [0.2, 0.25) is 11.9 Å². The molecule has 0 atom stereocenters. The highest BCUT2D eigenvalue weighted by Gasteiger charge is 2.35. The number of hydrogen-bond acceptors (Lipinski definition) is 6. The molecule has 0 radical (unpaired) electrons. The molecular weight excluding hydrogens is 351 g/mol. The van der Waals surface area contributed by atoms with Crippen molar-refractivity contribution in [1.82, 2.24) is 19.7 Å². The topological polar surface area (TPSA) is 111 Å². The first kappa shape index (κ1) is 19.5.